The first-order valence-electron chi connectivity index (χ1n) is 10.6. The number of likely N-dealkylation sites (tertiary alicyclic amines) is 1. The number of nitrogens with zero attached hydrogens (tertiary/aromatic N) is 2. The predicted molar refractivity (Wildman–Crippen MR) is 122 cm³/mol. The maximum absolute atomic E-state index is 13.4. The smallest absolute Gasteiger partial charge is 0.241 e. The van der Waals surface area contributed by atoms with Crippen LogP contribution >= 0.6 is 11.8 Å². The van der Waals surface area contributed by atoms with Gasteiger partial charge in [-0.1, -0.05) is 25.1 Å². The van der Waals surface area contributed by atoms with Gasteiger partial charge in [0.1, 0.15) is 0 Å². The van der Waals surface area contributed by atoms with E-state index >= 15 is 0 Å². The lowest BCUT2D eigenvalue weighted by molar-refractivity contribution is -0.120. The first-order chi connectivity index (χ1) is 14.6. The molecule has 0 saturated carbocycles. The second-order valence-corrected chi connectivity index (χ2v) is 9.45. The number of amides is 1. The van der Waals surface area contributed by atoms with Crippen LogP contribution < -0.4 is 14.4 Å². The fraction of sp³-hybridized carbons (Fsp3) is 0.458. The van der Waals surface area contributed by atoms with Crippen LogP contribution in [0.4, 0.5) is 5.69 Å². The maximum Gasteiger partial charge on any atom is 0.241 e. The number of carbonyl (C=O) groups is 1. The molecule has 6 heteroatoms. The lowest BCUT2D eigenvalue weighted by Crippen LogP contribution is -2.41. The summed E-state index contributed by atoms with van der Waals surface area (Å²) in [6.45, 7) is 4.39. The molecule has 0 aromatic heterocycles. The van der Waals surface area contributed by atoms with Crippen LogP contribution in [0.1, 0.15) is 37.8 Å². The number of thioether (sulfide) groups is 1. The molecule has 0 radical (unpaired) electrons. The molecule has 1 fully saturated rings. The molecule has 0 unspecified atom stereocenters. The molecular weight excluding hydrogens is 396 g/mol. The number of benzene rings is 2. The molecule has 1 saturated heterocycles. The largest absolute Gasteiger partial charge is 0.493 e. The van der Waals surface area contributed by atoms with E-state index in [9.17, 15) is 4.79 Å². The molecular formula is C24H30N2O3S. The lowest BCUT2D eigenvalue weighted by Gasteiger charge is -2.29. The normalized spacial score (nSPS) is 21.8. The van der Waals surface area contributed by atoms with Gasteiger partial charge < -0.3 is 14.4 Å². The van der Waals surface area contributed by atoms with Crippen molar-refractivity contribution in [3.05, 3.63) is 48.0 Å². The highest BCUT2D eigenvalue weighted by Gasteiger charge is 2.31. The minimum Gasteiger partial charge on any atom is -0.493 e. The number of hydrogen-bond acceptors (Lipinski definition) is 5. The van der Waals surface area contributed by atoms with Gasteiger partial charge in [-0.05, 0) is 55.6 Å². The van der Waals surface area contributed by atoms with Crippen molar-refractivity contribution in [1.29, 1.82) is 0 Å². The number of methoxy groups -OCH3 is 2. The molecule has 2 aromatic rings. The summed E-state index contributed by atoms with van der Waals surface area (Å²) in [5, 5.41) is 0.509. The average molecular weight is 427 g/mol. The summed E-state index contributed by atoms with van der Waals surface area (Å²) in [4.78, 5) is 18.9. The summed E-state index contributed by atoms with van der Waals surface area (Å²) in [7, 11) is 3.31. The Morgan fingerprint density at radius 1 is 1.07 bits per heavy atom. The minimum absolute atomic E-state index is 0.185. The molecule has 2 aromatic carbocycles. The highest BCUT2D eigenvalue weighted by Crippen LogP contribution is 2.39. The monoisotopic (exact) mass is 426 g/mol. The van der Waals surface area contributed by atoms with Crippen molar-refractivity contribution in [2.45, 2.75) is 42.4 Å². The number of hydrogen-bond donors (Lipinski definition) is 0. The Morgan fingerprint density at radius 3 is 2.67 bits per heavy atom. The van der Waals surface area contributed by atoms with E-state index in [1.807, 2.05) is 34.9 Å². The zero-order chi connectivity index (χ0) is 21.1. The number of anilines is 1. The molecule has 160 valence electrons. The van der Waals surface area contributed by atoms with E-state index in [0.29, 0.717) is 11.8 Å². The molecule has 2 atom stereocenters. The van der Waals surface area contributed by atoms with Gasteiger partial charge in [-0.15, -0.1) is 11.8 Å². The second-order valence-electron chi connectivity index (χ2n) is 7.97. The Kier molecular flexibility index (Phi) is 6.54. The third kappa shape index (κ3) is 4.30. The van der Waals surface area contributed by atoms with E-state index in [0.717, 1.165) is 49.5 Å². The zero-order valence-electron chi connectivity index (χ0n) is 18.0. The molecule has 2 aliphatic rings. The molecule has 30 heavy (non-hydrogen) atoms. The Bertz CT molecular complexity index is 904. The highest BCUT2D eigenvalue weighted by molar-refractivity contribution is 8.00. The lowest BCUT2D eigenvalue weighted by atomic mass is 10.0. The number of fused-ring (bicyclic) bond motifs is 1. The van der Waals surface area contributed by atoms with Gasteiger partial charge in [0, 0.05) is 22.7 Å². The van der Waals surface area contributed by atoms with Gasteiger partial charge in [0.2, 0.25) is 5.91 Å². The van der Waals surface area contributed by atoms with Crippen molar-refractivity contribution in [3.63, 3.8) is 0 Å². The Balaban J connectivity index is 1.53. The van der Waals surface area contributed by atoms with Gasteiger partial charge in [0.15, 0.2) is 11.5 Å². The number of para-hydroxylation sites is 1. The van der Waals surface area contributed by atoms with Crippen LogP contribution in [0.15, 0.2) is 47.4 Å². The topological polar surface area (TPSA) is 42.0 Å². The molecule has 5 nitrogen and oxygen atoms in total. The third-order valence-corrected chi connectivity index (χ3v) is 7.28. The summed E-state index contributed by atoms with van der Waals surface area (Å²) in [5.74, 6) is 1.65. The fourth-order valence-electron chi connectivity index (χ4n) is 4.46. The van der Waals surface area contributed by atoms with Crippen molar-refractivity contribution in [2.75, 3.05) is 38.8 Å². The van der Waals surface area contributed by atoms with E-state index in [4.69, 9.17) is 9.47 Å². The average Bonchev–Trinajstić information content (AvgIpc) is 3.14. The standard InChI is InChI=1S/C24H30N2O3S/c1-17-12-14-26(20-7-4-5-9-23(20)30-17)24(27)16-25-13-6-8-19(25)18-10-11-21(28-2)22(15-18)29-3/h4-5,7,9-11,15,17,19H,6,8,12-14,16H2,1-3H3/t17-,19+/m1/s1. The molecule has 0 bridgehead atoms. The summed E-state index contributed by atoms with van der Waals surface area (Å²) in [6, 6.07) is 14.6. The van der Waals surface area contributed by atoms with Crippen LogP contribution in [0.3, 0.4) is 0 Å². The SMILES string of the molecule is COc1ccc([C@@H]2CCCN2CC(=O)N2CC[C@@H](C)Sc3ccccc32)cc1OC. The maximum atomic E-state index is 13.4. The molecule has 1 amide bonds. The van der Waals surface area contributed by atoms with Gasteiger partial charge in [-0.25, -0.2) is 0 Å². The third-order valence-electron chi connectivity index (χ3n) is 6.04. The first kappa shape index (κ1) is 21.1. The Labute approximate surface area is 183 Å². The number of carbonyl (C=O) groups excluding carboxylic acids is 1. The van der Waals surface area contributed by atoms with E-state index < -0.39 is 0 Å². The predicted octanol–water partition coefficient (Wildman–Crippen LogP) is 4.76. The minimum atomic E-state index is 0.185. The van der Waals surface area contributed by atoms with E-state index in [1.165, 1.54) is 10.5 Å². The van der Waals surface area contributed by atoms with Crippen LogP contribution in [0.5, 0.6) is 11.5 Å². The molecule has 0 aliphatic carbocycles. The van der Waals surface area contributed by atoms with E-state index in [1.54, 1.807) is 14.2 Å². The molecule has 2 aliphatic heterocycles. The van der Waals surface area contributed by atoms with E-state index in [-0.39, 0.29) is 11.9 Å². The number of ether oxygens (including phenoxy) is 2. The Morgan fingerprint density at radius 2 is 1.87 bits per heavy atom. The van der Waals surface area contributed by atoms with Crippen LogP contribution in [0.2, 0.25) is 0 Å². The Hall–Kier alpha value is -2.18. The van der Waals surface area contributed by atoms with Gasteiger partial charge in [0.25, 0.3) is 0 Å². The van der Waals surface area contributed by atoms with Crippen LogP contribution in [0, 0.1) is 0 Å². The zero-order valence-corrected chi connectivity index (χ0v) is 18.8. The van der Waals surface area contributed by atoms with Crippen LogP contribution in [0.25, 0.3) is 0 Å². The summed E-state index contributed by atoms with van der Waals surface area (Å²) in [6.07, 6.45) is 3.15. The second kappa shape index (κ2) is 9.31. The summed E-state index contributed by atoms with van der Waals surface area (Å²) < 4.78 is 10.9. The van der Waals surface area contributed by atoms with Crippen molar-refractivity contribution >= 4 is 23.4 Å². The molecule has 0 N–H and O–H groups in total. The van der Waals surface area contributed by atoms with Crippen LogP contribution in [-0.2, 0) is 4.79 Å². The number of rotatable bonds is 5. The van der Waals surface area contributed by atoms with Crippen molar-refractivity contribution in [3.8, 4) is 11.5 Å². The molecule has 2 heterocycles. The molecule has 0 spiro atoms. The summed E-state index contributed by atoms with van der Waals surface area (Å²) in [5.41, 5.74) is 2.23. The van der Waals surface area contributed by atoms with E-state index in [2.05, 4.69) is 36.1 Å². The van der Waals surface area contributed by atoms with Crippen molar-refractivity contribution in [1.82, 2.24) is 4.90 Å². The highest BCUT2D eigenvalue weighted by atomic mass is 32.2. The van der Waals surface area contributed by atoms with Gasteiger partial charge in [-0.2, -0.15) is 0 Å². The molecule has 4 rings (SSSR count). The van der Waals surface area contributed by atoms with Crippen molar-refractivity contribution < 1.29 is 14.3 Å². The van der Waals surface area contributed by atoms with Crippen LogP contribution in [-0.4, -0.2) is 49.9 Å². The summed E-state index contributed by atoms with van der Waals surface area (Å²) >= 11 is 1.87. The van der Waals surface area contributed by atoms with Gasteiger partial charge in [-0.3, -0.25) is 9.69 Å². The first-order valence-corrected chi connectivity index (χ1v) is 11.5. The van der Waals surface area contributed by atoms with Gasteiger partial charge in [0.05, 0.1) is 26.5 Å². The fourth-order valence-corrected chi connectivity index (χ4v) is 5.57. The quantitative estimate of drug-likeness (QED) is 0.690. The van der Waals surface area contributed by atoms with Gasteiger partial charge >= 0.3 is 0 Å². The van der Waals surface area contributed by atoms with Crippen molar-refractivity contribution in [2.24, 2.45) is 0 Å².